The third kappa shape index (κ3) is 2.17. The van der Waals surface area contributed by atoms with E-state index in [0.717, 1.165) is 5.56 Å². The Morgan fingerprint density at radius 2 is 2.00 bits per heavy atom. The SMILES string of the molecule is Cn1cnc2c(cnn2C#Cc2ccc(Cl)cc2)c1=O. The van der Waals surface area contributed by atoms with Gasteiger partial charge >= 0.3 is 0 Å². The summed E-state index contributed by atoms with van der Waals surface area (Å²) in [7, 11) is 1.64. The minimum atomic E-state index is -0.144. The van der Waals surface area contributed by atoms with Crippen LogP contribution in [0, 0.1) is 12.0 Å². The molecule has 0 fully saturated rings. The maximum atomic E-state index is 11.9. The molecule has 0 saturated heterocycles. The van der Waals surface area contributed by atoms with Gasteiger partial charge in [0.2, 0.25) is 0 Å². The zero-order valence-corrected chi connectivity index (χ0v) is 11.3. The van der Waals surface area contributed by atoms with E-state index in [9.17, 15) is 4.79 Å². The molecular weight excluding hydrogens is 276 g/mol. The Morgan fingerprint density at radius 1 is 1.25 bits per heavy atom. The third-order valence-electron chi connectivity index (χ3n) is 2.80. The lowest BCUT2D eigenvalue weighted by Crippen LogP contribution is -2.16. The minimum Gasteiger partial charge on any atom is -0.302 e. The molecule has 0 aliphatic carbocycles. The van der Waals surface area contributed by atoms with Crippen molar-refractivity contribution >= 4 is 22.6 Å². The molecule has 20 heavy (non-hydrogen) atoms. The highest BCUT2D eigenvalue weighted by atomic mass is 35.5. The van der Waals surface area contributed by atoms with Crippen LogP contribution in [-0.2, 0) is 7.05 Å². The lowest BCUT2D eigenvalue weighted by molar-refractivity contribution is 0.835. The molecule has 0 unspecified atom stereocenters. The number of aromatic nitrogens is 4. The number of fused-ring (bicyclic) bond motifs is 1. The lowest BCUT2D eigenvalue weighted by Gasteiger charge is -1.95. The molecule has 1 aromatic carbocycles. The normalized spacial score (nSPS) is 10.3. The molecule has 0 aliphatic heterocycles. The Hall–Kier alpha value is -2.58. The number of rotatable bonds is 0. The predicted octanol–water partition coefficient (Wildman–Crippen LogP) is 1.64. The molecule has 2 aromatic heterocycles. The van der Waals surface area contributed by atoms with Gasteiger partial charge in [-0.15, -0.1) is 0 Å². The second-order valence-electron chi connectivity index (χ2n) is 4.20. The van der Waals surface area contributed by atoms with Crippen LogP contribution in [0.5, 0.6) is 0 Å². The quantitative estimate of drug-likeness (QED) is 0.590. The van der Waals surface area contributed by atoms with Crippen LogP contribution in [0.3, 0.4) is 0 Å². The summed E-state index contributed by atoms with van der Waals surface area (Å²) in [6.07, 6.45) is 2.92. The Bertz CT molecular complexity index is 897. The van der Waals surface area contributed by atoms with Gasteiger partial charge in [-0.1, -0.05) is 11.6 Å². The molecule has 0 saturated carbocycles. The highest BCUT2D eigenvalue weighted by Gasteiger charge is 2.06. The van der Waals surface area contributed by atoms with Crippen molar-refractivity contribution in [2.45, 2.75) is 0 Å². The fourth-order valence-corrected chi connectivity index (χ4v) is 1.86. The number of benzene rings is 1. The van der Waals surface area contributed by atoms with Crippen molar-refractivity contribution in [2.75, 3.05) is 0 Å². The van der Waals surface area contributed by atoms with E-state index in [1.165, 1.54) is 21.8 Å². The van der Waals surface area contributed by atoms with Gasteiger partial charge in [0.25, 0.3) is 5.56 Å². The molecule has 0 spiro atoms. The standard InChI is InChI=1S/C14H9ClN4O/c1-18-9-16-13-12(14(18)20)8-17-19(13)7-6-10-2-4-11(15)5-3-10/h2-5,8-9H,1H3. The summed E-state index contributed by atoms with van der Waals surface area (Å²) in [5.41, 5.74) is 1.12. The number of aryl methyl sites for hydroxylation is 1. The van der Waals surface area contributed by atoms with E-state index in [0.29, 0.717) is 16.1 Å². The molecule has 0 aliphatic rings. The van der Waals surface area contributed by atoms with Gasteiger partial charge in [0, 0.05) is 23.7 Å². The van der Waals surface area contributed by atoms with Crippen LogP contribution >= 0.6 is 11.6 Å². The van der Waals surface area contributed by atoms with E-state index in [4.69, 9.17) is 11.6 Å². The monoisotopic (exact) mass is 284 g/mol. The largest absolute Gasteiger partial charge is 0.302 e. The zero-order chi connectivity index (χ0) is 14.1. The van der Waals surface area contributed by atoms with Crippen molar-refractivity contribution in [1.29, 1.82) is 0 Å². The summed E-state index contributed by atoms with van der Waals surface area (Å²) in [6.45, 7) is 0. The fourth-order valence-electron chi connectivity index (χ4n) is 1.73. The molecule has 0 bridgehead atoms. The van der Waals surface area contributed by atoms with Crippen LogP contribution in [0.15, 0.2) is 41.6 Å². The highest BCUT2D eigenvalue weighted by molar-refractivity contribution is 6.30. The topological polar surface area (TPSA) is 52.7 Å². The Kier molecular flexibility index (Phi) is 3.01. The van der Waals surface area contributed by atoms with Crippen LogP contribution in [-0.4, -0.2) is 19.3 Å². The van der Waals surface area contributed by atoms with Crippen molar-refractivity contribution in [3.63, 3.8) is 0 Å². The van der Waals surface area contributed by atoms with Crippen molar-refractivity contribution < 1.29 is 0 Å². The third-order valence-corrected chi connectivity index (χ3v) is 3.05. The highest BCUT2D eigenvalue weighted by Crippen LogP contribution is 2.08. The summed E-state index contributed by atoms with van der Waals surface area (Å²) >= 11 is 5.81. The summed E-state index contributed by atoms with van der Waals surface area (Å²) in [5, 5.41) is 5.17. The first kappa shape index (κ1) is 12.5. The van der Waals surface area contributed by atoms with E-state index >= 15 is 0 Å². The summed E-state index contributed by atoms with van der Waals surface area (Å²) in [4.78, 5) is 16.0. The van der Waals surface area contributed by atoms with Gasteiger partial charge in [-0.05, 0) is 30.2 Å². The molecule has 3 aromatic rings. The molecular formula is C14H9ClN4O. The molecule has 2 heterocycles. The van der Waals surface area contributed by atoms with Crippen LogP contribution < -0.4 is 5.56 Å². The van der Waals surface area contributed by atoms with Crippen LogP contribution in [0.4, 0.5) is 0 Å². The second kappa shape index (κ2) is 4.83. The predicted molar refractivity (Wildman–Crippen MR) is 76.5 cm³/mol. The average molecular weight is 285 g/mol. The van der Waals surface area contributed by atoms with Crippen molar-refractivity contribution in [3.05, 3.63) is 57.7 Å². The summed E-state index contributed by atoms with van der Waals surface area (Å²) in [5.74, 6) is 2.94. The van der Waals surface area contributed by atoms with Crippen LogP contribution in [0.25, 0.3) is 11.0 Å². The Morgan fingerprint density at radius 3 is 2.75 bits per heavy atom. The Balaban J connectivity index is 2.07. The van der Waals surface area contributed by atoms with E-state index in [1.54, 1.807) is 19.2 Å². The molecule has 0 atom stereocenters. The van der Waals surface area contributed by atoms with Gasteiger partial charge in [0.15, 0.2) is 5.65 Å². The molecule has 98 valence electrons. The van der Waals surface area contributed by atoms with E-state index in [2.05, 4.69) is 22.0 Å². The van der Waals surface area contributed by atoms with Gasteiger partial charge in [-0.3, -0.25) is 4.79 Å². The van der Waals surface area contributed by atoms with E-state index in [-0.39, 0.29) is 5.56 Å². The van der Waals surface area contributed by atoms with Crippen LogP contribution in [0.1, 0.15) is 5.56 Å². The number of halogens is 1. The van der Waals surface area contributed by atoms with Gasteiger partial charge in [0.1, 0.15) is 5.39 Å². The Labute approximate surface area is 119 Å². The number of hydrogen-bond donors (Lipinski definition) is 0. The fraction of sp³-hybridized carbons (Fsp3) is 0.0714. The van der Waals surface area contributed by atoms with Crippen molar-refractivity contribution in [1.82, 2.24) is 19.3 Å². The molecule has 3 rings (SSSR count). The van der Waals surface area contributed by atoms with E-state index in [1.807, 2.05) is 12.1 Å². The van der Waals surface area contributed by atoms with E-state index < -0.39 is 0 Å². The first-order valence-corrected chi connectivity index (χ1v) is 6.20. The van der Waals surface area contributed by atoms with Gasteiger partial charge in [0.05, 0.1) is 12.5 Å². The molecule has 5 nitrogen and oxygen atoms in total. The van der Waals surface area contributed by atoms with Gasteiger partial charge < -0.3 is 4.57 Å². The molecule has 0 radical (unpaired) electrons. The molecule has 0 amide bonds. The van der Waals surface area contributed by atoms with Crippen molar-refractivity contribution in [2.24, 2.45) is 7.05 Å². The van der Waals surface area contributed by atoms with Gasteiger partial charge in [-0.2, -0.15) is 9.78 Å². The van der Waals surface area contributed by atoms with Crippen LogP contribution in [0.2, 0.25) is 5.02 Å². The number of nitrogens with zero attached hydrogens (tertiary/aromatic N) is 4. The molecule has 6 heteroatoms. The second-order valence-corrected chi connectivity index (χ2v) is 4.63. The maximum Gasteiger partial charge on any atom is 0.264 e. The summed E-state index contributed by atoms with van der Waals surface area (Å²) in [6, 6.07) is 10.0. The van der Waals surface area contributed by atoms with Crippen molar-refractivity contribution in [3.8, 4) is 12.0 Å². The number of hydrogen-bond acceptors (Lipinski definition) is 3. The zero-order valence-electron chi connectivity index (χ0n) is 10.5. The first-order valence-electron chi connectivity index (χ1n) is 5.82. The first-order chi connectivity index (χ1) is 9.65. The smallest absolute Gasteiger partial charge is 0.264 e. The minimum absolute atomic E-state index is 0.144. The van der Waals surface area contributed by atoms with Gasteiger partial charge in [-0.25, -0.2) is 4.98 Å². The average Bonchev–Trinajstić information content (AvgIpc) is 2.86. The summed E-state index contributed by atoms with van der Waals surface area (Å²) < 4.78 is 2.80. The maximum absolute atomic E-state index is 11.9. The molecule has 0 N–H and O–H groups in total. The lowest BCUT2D eigenvalue weighted by atomic mass is 10.2.